The minimum atomic E-state index is 0.408. The Hall–Kier alpha value is -1.66. The molecule has 0 aromatic heterocycles. The van der Waals surface area contributed by atoms with Crippen molar-refractivity contribution in [3.63, 3.8) is 0 Å². The summed E-state index contributed by atoms with van der Waals surface area (Å²) >= 11 is 6.21. The molecule has 17 heavy (non-hydrogen) atoms. The van der Waals surface area contributed by atoms with Gasteiger partial charge in [-0.25, -0.2) is 0 Å². The third kappa shape index (κ3) is 2.72. The van der Waals surface area contributed by atoms with Crippen LogP contribution >= 0.6 is 11.6 Å². The predicted molar refractivity (Wildman–Crippen MR) is 68.2 cm³/mol. The summed E-state index contributed by atoms with van der Waals surface area (Å²) in [4.78, 5) is 0. The molecule has 0 saturated heterocycles. The highest BCUT2D eigenvalue weighted by molar-refractivity contribution is 6.49. The zero-order valence-corrected chi connectivity index (χ0v) is 10.8. The molecule has 0 aliphatic heterocycles. The monoisotopic (exact) mass is 251 g/mol. The second kappa shape index (κ2) is 6.17. The fourth-order valence-corrected chi connectivity index (χ4v) is 1.83. The molecular weight excluding hydrogens is 238 g/mol. The van der Waals surface area contributed by atoms with Crippen molar-refractivity contribution in [3.8, 4) is 17.6 Å². The van der Waals surface area contributed by atoms with Crippen molar-refractivity contribution >= 4 is 16.6 Å². The number of ether oxygens (including phenoxy) is 2. The summed E-state index contributed by atoms with van der Waals surface area (Å²) in [5, 5.41) is 9.39. The maximum absolute atomic E-state index is 8.98. The first-order chi connectivity index (χ1) is 8.19. The first kappa shape index (κ1) is 13.4. The summed E-state index contributed by atoms with van der Waals surface area (Å²) < 4.78 is 10.5. The lowest BCUT2D eigenvalue weighted by molar-refractivity contribution is 0.354. The molecular formula is C13H14ClNO2. The van der Waals surface area contributed by atoms with Crippen molar-refractivity contribution in [2.45, 2.75) is 13.3 Å². The van der Waals surface area contributed by atoms with E-state index in [0.29, 0.717) is 34.1 Å². The molecule has 0 spiro atoms. The van der Waals surface area contributed by atoms with E-state index in [2.05, 4.69) is 6.07 Å². The Balaban J connectivity index is 3.42. The first-order valence-electron chi connectivity index (χ1n) is 5.19. The quantitative estimate of drug-likeness (QED) is 0.768. The molecule has 0 bridgehead atoms. The van der Waals surface area contributed by atoms with E-state index in [4.69, 9.17) is 26.3 Å². The van der Waals surface area contributed by atoms with E-state index >= 15 is 0 Å². The third-order valence-corrected chi connectivity index (χ3v) is 2.82. The number of nitrogens with zero attached hydrogens (tertiary/aromatic N) is 1. The van der Waals surface area contributed by atoms with Crippen LogP contribution in [0.5, 0.6) is 11.5 Å². The van der Waals surface area contributed by atoms with E-state index in [0.717, 1.165) is 0 Å². The zero-order chi connectivity index (χ0) is 12.8. The summed E-state index contributed by atoms with van der Waals surface area (Å²) in [5.74, 6) is 1.14. The number of nitriles is 1. The molecule has 0 heterocycles. The van der Waals surface area contributed by atoms with Crippen LogP contribution < -0.4 is 9.47 Å². The van der Waals surface area contributed by atoms with Crippen molar-refractivity contribution in [1.82, 2.24) is 0 Å². The van der Waals surface area contributed by atoms with Gasteiger partial charge in [-0.3, -0.25) is 0 Å². The van der Waals surface area contributed by atoms with Crippen LogP contribution in [0.3, 0.4) is 0 Å². The summed E-state index contributed by atoms with van der Waals surface area (Å²) in [6.45, 7) is 1.88. The van der Waals surface area contributed by atoms with Crippen LogP contribution in [0, 0.1) is 11.3 Å². The third-order valence-electron chi connectivity index (χ3n) is 2.39. The standard InChI is InChI=1S/C13H14ClNO2/c1-4-9(8-15)12(14)10-6-5-7-11(16-2)13(10)17-3/h5-7H,4H2,1-3H3. The number of benzene rings is 1. The number of methoxy groups -OCH3 is 2. The molecule has 3 nitrogen and oxygen atoms in total. The molecule has 0 fully saturated rings. The lowest BCUT2D eigenvalue weighted by atomic mass is 10.1. The molecule has 0 saturated carbocycles. The predicted octanol–water partition coefficient (Wildman–Crippen LogP) is 3.59. The molecule has 4 heteroatoms. The van der Waals surface area contributed by atoms with Crippen LogP contribution in [0.1, 0.15) is 18.9 Å². The van der Waals surface area contributed by atoms with Gasteiger partial charge in [-0.15, -0.1) is 0 Å². The van der Waals surface area contributed by atoms with Crippen LogP contribution in [0.2, 0.25) is 0 Å². The minimum absolute atomic E-state index is 0.408. The molecule has 90 valence electrons. The molecule has 0 amide bonds. The molecule has 0 atom stereocenters. The number of para-hydroxylation sites is 1. The highest BCUT2D eigenvalue weighted by Crippen LogP contribution is 2.38. The molecule has 0 unspecified atom stereocenters. The fraction of sp³-hybridized carbons (Fsp3) is 0.308. The maximum atomic E-state index is 8.98. The number of hydrogen-bond acceptors (Lipinski definition) is 3. The van der Waals surface area contributed by atoms with Crippen LogP contribution in [-0.4, -0.2) is 14.2 Å². The van der Waals surface area contributed by atoms with Crippen molar-refractivity contribution in [1.29, 1.82) is 5.26 Å². The molecule has 0 aliphatic carbocycles. The van der Waals surface area contributed by atoms with Gasteiger partial charge in [-0.1, -0.05) is 24.6 Å². The van der Waals surface area contributed by atoms with Gasteiger partial charge in [0.05, 0.1) is 25.3 Å². The highest BCUT2D eigenvalue weighted by Gasteiger charge is 2.14. The van der Waals surface area contributed by atoms with E-state index in [1.807, 2.05) is 13.0 Å². The van der Waals surface area contributed by atoms with Gasteiger partial charge in [0.15, 0.2) is 11.5 Å². The van der Waals surface area contributed by atoms with Gasteiger partial charge in [-0.05, 0) is 18.6 Å². The molecule has 0 aliphatic rings. The van der Waals surface area contributed by atoms with E-state index in [9.17, 15) is 0 Å². The Morgan fingerprint density at radius 1 is 1.35 bits per heavy atom. The molecule has 0 N–H and O–H groups in total. The number of rotatable bonds is 4. The van der Waals surface area contributed by atoms with Gasteiger partial charge in [0.1, 0.15) is 0 Å². The summed E-state index contributed by atoms with van der Waals surface area (Å²) in [5.41, 5.74) is 1.20. The van der Waals surface area contributed by atoms with Gasteiger partial charge >= 0.3 is 0 Å². The number of hydrogen-bond donors (Lipinski definition) is 0. The van der Waals surface area contributed by atoms with Crippen LogP contribution in [0.25, 0.3) is 5.03 Å². The Bertz CT molecular complexity index is 475. The first-order valence-corrected chi connectivity index (χ1v) is 5.57. The second-order valence-electron chi connectivity index (χ2n) is 3.30. The normalized spacial score (nSPS) is 11.5. The SMILES string of the molecule is CCC(C#N)=C(Cl)c1cccc(OC)c1OC. The summed E-state index contributed by atoms with van der Waals surface area (Å²) in [6.07, 6.45) is 0.579. The van der Waals surface area contributed by atoms with E-state index < -0.39 is 0 Å². The largest absolute Gasteiger partial charge is 0.493 e. The lowest BCUT2D eigenvalue weighted by Gasteiger charge is -2.12. The molecule has 0 radical (unpaired) electrons. The fourth-order valence-electron chi connectivity index (χ4n) is 1.51. The average Bonchev–Trinajstić information content (AvgIpc) is 2.38. The van der Waals surface area contributed by atoms with Crippen molar-refractivity contribution in [2.75, 3.05) is 14.2 Å². The van der Waals surface area contributed by atoms with Gasteiger partial charge in [0, 0.05) is 11.1 Å². The summed E-state index contributed by atoms with van der Waals surface area (Å²) in [6, 6.07) is 7.48. The van der Waals surface area contributed by atoms with Crippen LogP contribution in [-0.2, 0) is 0 Å². The molecule has 1 aromatic carbocycles. The van der Waals surface area contributed by atoms with E-state index in [-0.39, 0.29) is 0 Å². The number of halogens is 1. The topological polar surface area (TPSA) is 42.2 Å². The van der Waals surface area contributed by atoms with E-state index in [1.165, 1.54) is 0 Å². The zero-order valence-electron chi connectivity index (χ0n) is 10.1. The Labute approximate surface area is 106 Å². The second-order valence-corrected chi connectivity index (χ2v) is 3.68. The maximum Gasteiger partial charge on any atom is 0.169 e. The lowest BCUT2D eigenvalue weighted by Crippen LogP contribution is -1.95. The van der Waals surface area contributed by atoms with Gasteiger partial charge in [0.2, 0.25) is 0 Å². The van der Waals surface area contributed by atoms with Crippen LogP contribution in [0.15, 0.2) is 23.8 Å². The van der Waals surface area contributed by atoms with Crippen LogP contribution in [0.4, 0.5) is 0 Å². The molecule has 1 aromatic rings. The minimum Gasteiger partial charge on any atom is -0.493 e. The Morgan fingerprint density at radius 2 is 2.06 bits per heavy atom. The van der Waals surface area contributed by atoms with Crippen molar-refractivity contribution in [3.05, 3.63) is 29.3 Å². The smallest absolute Gasteiger partial charge is 0.169 e. The summed E-state index contributed by atoms with van der Waals surface area (Å²) in [7, 11) is 3.10. The average molecular weight is 252 g/mol. The van der Waals surface area contributed by atoms with Gasteiger partial charge < -0.3 is 9.47 Å². The van der Waals surface area contributed by atoms with E-state index in [1.54, 1.807) is 26.4 Å². The van der Waals surface area contributed by atoms with Crippen molar-refractivity contribution < 1.29 is 9.47 Å². The van der Waals surface area contributed by atoms with Gasteiger partial charge in [0.25, 0.3) is 0 Å². The van der Waals surface area contributed by atoms with Crippen molar-refractivity contribution in [2.24, 2.45) is 0 Å². The Kier molecular flexibility index (Phi) is 4.86. The van der Waals surface area contributed by atoms with Gasteiger partial charge in [-0.2, -0.15) is 5.26 Å². The highest BCUT2D eigenvalue weighted by atomic mass is 35.5. The Morgan fingerprint density at radius 3 is 2.53 bits per heavy atom. The number of allylic oxidation sites excluding steroid dienone is 1. The molecule has 1 rings (SSSR count).